The minimum absolute atomic E-state index is 0.835. The van der Waals surface area contributed by atoms with Crippen molar-refractivity contribution >= 4 is 11.4 Å². The lowest BCUT2D eigenvalue weighted by molar-refractivity contribution is 0.447. The summed E-state index contributed by atoms with van der Waals surface area (Å²) in [6.45, 7) is 6.76. The molecule has 0 radical (unpaired) electrons. The second-order valence-electron chi connectivity index (χ2n) is 4.25. The fraction of sp³-hybridized carbons (Fsp3) is 0.500. The van der Waals surface area contributed by atoms with Crippen LogP contribution in [0.2, 0.25) is 0 Å². The number of rotatable bonds is 2. The molecule has 1 aliphatic rings. The Kier molecular flexibility index (Phi) is 2.36. The first-order chi connectivity index (χ1) is 6.70. The lowest BCUT2D eigenvalue weighted by Crippen LogP contribution is -2.45. The van der Waals surface area contributed by atoms with Gasteiger partial charge in [0.05, 0.1) is 0 Å². The van der Waals surface area contributed by atoms with Crippen LogP contribution in [0.3, 0.4) is 0 Å². The van der Waals surface area contributed by atoms with Gasteiger partial charge in [-0.05, 0) is 30.0 Å². The van der Waals surface area contributed by atoms with Crippen LogP contribution in [-0.2, 0) is 6.42 Å². The molecule has 0 bridgehead atoms. The Balaban J connectivity index is 2.16. The van der Waals surface area contributed by atoms with E-state index in [-0.39, 0.29) is 0 Å². The molecule has 1 fully saturated rings. The maximum absolute atomic E-state index is 5.96. The van der Waals surface area contributed by atoms with Crippen LogP contribution in [0.5, 0.6) is 0 Å². The lowest BCUT2D eigenvalue weighted by Gasteiger charge is -2.39. The van der Waals surface area contributed by atoms with E-state index in [2.05, 4.69) is 36.9 Å². The molecule has 0 aromatic heterocycles. The van der Waals surface area contributed by atoms with Crippen molar-refractivity contribution in [2.75, 3.05) is 23.7 Å². The molecule has 14 heavy (non-hydrogen) atoms. The molecule has 1 aliphatic heterocycles. The molecular weight excluding hydrogens is 172 g/mol. The molecule has 1 heterocycles. The molecule has 0 aliphatic carbocycles. The van der Waals surface area contributed by atoms with Crippen LogP contribution in [0.25, 0.3) is 0 Å². The Morgan fingerprint density at radius 2 is 2.14 bits per heavy atom. The molecule has 0 saturated carbocycles. The van der Waals surface area contributed by atoms with Crippen molar-refractivity contribution < 1.29 is 0 Å². The van der Waals surface area contributed by atoms with E-state index in [0.29, 0.717) is 0 Å². The van der Waals surface area contributed by atoms with Gasteiger partial charge in [-0.3, -0.25) is 0 Å². The first kappa shape index (κ1) is 9.38. The number of nitrogens with two attached hydrogens (primary N) is 1. The Hall–Kier alpha value is -1.18. The third kappa shape index (κ3) is 1.57. The minimum atomic E-state index is 0.835. The number of hydrogen-bond donors (Lipinski definition) is 1. The molecule has 0 unspecified atom stereocenters. The van der Waals surface area contributed by atoms with Crippen molar-refractivity contribution in [2.45, 2.75) is 20.3 Å². The molecule has 0 amide bonds. The molecule has 1 aromatic carbocycles. The third-order valence-corrected chi connectivity index (χ3v) is 2.94. The Morgan fingerprint density at radius 3 is 2.64 bits per heavy atom. The normalized spacial score (nSPS) is 16.9. The largest absolute Gasteiger partial charge is 0.398 e. The fourth-order valence-electron chi connectivity index (χ4n) is 2.01. The van der Waals surface area contributed by atoms with E-state index in [1.807, 2.05) is 0 Å². The molecule has 76 valence electrons. The predicted octanol–water partition coefficient (Wildman–Crippen LogP) is 2.29. The fourth-order valence-corrected chi connectivity index (χ4v) is 2.01. The minimum Gasteiger partial charge on any atom is -0.398 e. The van der Waals surface area contributed by atoms with Gasteiger partial charge in [-0.2, -0.15) is 0 Å². The van der Waals surface area contributed by atoms with Gasteiger partial charge in [0.2, 0.25) is 0 Å². The highest BCUT2D eigenvalue weighted by molar-refractivity contribution is 5.61. The van der Waals surface area contributed by atoms with Crippen LogP contribution in [-0.4, -0.2) is 13.1 Å². The van der Waals surface area contributed by atoms with Crippen LogP contribution in [0.15, 0.2) is 18.2 Å². The van der Waals surface area contributed by atoms with Crippen LogP contribution in [0.1, 0.15) is 19.4 Å². The topological polar surface area (TPSA) is 29.3 Å². The van der Waals surface area contributed by atoms with Gasteiger partial charge in [0.25, 0.3) is 0 Å². The van der Waals surface area contributed by atoms with Crippen LogP contribution in [0.4, 0.5) is 11.4 Å². The Labute approximate surface area is 85.7 Å². The van der Waals surface area contributed by atoms with E-state index in [1.54, 1.807) is 0 Å². The number of benzene rings is 1. The summed E-state index contributed by atoms with van der Waals surface area (Å²) in [5, 5.41) is 0. The van der Waals surface area contributed by atoms with Gasteiger partial charge in [0.1, 0.15) is 0 Å². The smallest absolute Gasteiger partial charge is 0.0387 e. The van der Waals surface area contributed by atoms with Crippen LogP contribution >= 0.6 is 0 Å². The molecule has 2 heteroatoms. The zero-order valence-corrected chi connectivity index (χ0v) is 8.96. The van der Waals surface area contributed by atoms with Gasteiger partial charge in [-0.15, -0.1) is 0 Å². The van der Waals surface area contributed by atoms with Crippen molar-refractivity contribution in [3.8, 4) is 0 Å². The van der Waals surface area contributed by atoms with E-state index >= 15 is 0 Å². The number of nitrogens with zero attached hydrogens (tertiary/aromatic N) is 1. The zero-order chi connectivity index (χ0) is 10.1. The number of nitrogen functional groups attached to an aromatic ring is 1. The lowest BCUT2D eigenvalue weighted by atomic mass is 10.0. The number of aryl methyl sites for hydroxylation is 1. The van der Waals surface area contributed by atoms with E-state index < -0.39 is 0 Å². The second-order valence-corrected chi connectivity index (χ2v) is 4.25. The molecule has 1 aromatic rings. The SMILES string of the molecule is CCc1ccc(N2CC(C)C2)cc1N. The average molecular weight is 190 g/mol. The molecule has 2 N–H and O–H groups in total. The molecular formula is C12H18N2. The first-order valence-electron chi connectivity index (χ1n) is 5.34. The molecule has 1 saturated heterocycles. The number of hydrogen-bond acceptors (Lipinski definition) is 2. The zero-order valence-electron chi connectivity index (χ0n) is 8.96. The number of anilines is 2. The summed E-state index contributed by atoms with van der Waals surface area (Å²) in [4.78, 5) is 2.38. The maximum Gasteiger partial charge on any atom is 0.0387 e. The standard InChI is InChI=1S/C12H18N2/c1-3-10-4-5-11(6-12(10)13)14-7-9(2)8-14/h4-6,9H,3,7-8,13H2,1-2H3. The van der Waals surface area contributed by atoms with E-state index in [1.165, 1.54) is 24.3 Å². The quantitative estimate of drug-likeness (QED) is 0.725. The van der Waals surface area contributed by atoms with Gasteiger partial charge >= 0.3 is 0 Å². The Bertz CT molecular complexity index is 327. The highest BCUT2D eigenvalue weighted by Crippen LogP contribution is 2.27. The van der Waals surface area contributed by atoms with E-state index in [4.69, 9.17) is 5.73 Å². The summed E-state index contributed by atoms with van der Waals surface area (Å²) >= 11 is 0. The summed E-state index contributed by atoms with van der Waals surface area (Å²) in [7, 11) is 0. The second kappa shape index (κ2) is 3.52. The van der Waals surface area contributed by atoms with Gasteiger partial charge in [-0.1, -0.05) is 19.9 Å². The summed E-state index contributed by atoms with van der Waals surface area (Å²) < 4.78 is 0. The summed E-state index contributed by atoms with van der Waals surface area (Å²) in [6.07, 6.45) is 1.02. The van der Waals surface area contributed by atoms with Crippen molar-refractivity contribution in [2.24, 2.45) is 5.92 Å². The highest BCUT2D eigenvalue weighted by Gasteiger charge is 2.22. The van der Waals surface area contributed by atoms with Crippen LogP contribution < -0.4 is 10.6 Å². The first-order valence-corrected chi connectivity index (χ1v) is 5.34. The van der Waals surface area contributed by atoms with Gasteiger partial charge < -0.3 is 10.6 Å². The van der Waals surface area contributed by atoms with Crippen molar-refractivity contribution in [1.82, 2.24) is 0 Å². The third-order valence-electron chi connectivity index (χ3n) is 2.94. The monoisotopic (exact) mass is 190 g/mol. The van der Waals surface area contributed by atoms with Gasteiger partial charge in [0, 0.05) is 24.5 Å². The summed E-state index contributed by atoms with van der Waals surface area (Å²) in [5.74, 6) is 0.835. The summed E-state index contributed by atoms with van der Waals surface area (Å²) in [6, 6.07) is 6.43. The molecule has 0 atom stereocenters. The van der Waals surface area contributed by atoms with E-state index in [0.717, 1.165) is 18.0 Å². The van der Waals surface area contributed by atoms with Gasteiger partial charge in [0.15, 0.2) is 0 Å². The predicted molar refractivity (Wildman–Crippen MR) is 61.6 cm³/mol. The van der Waals surface area contributed by atoms with Crippen molar-refractivity contribution in [3.05, 3.63) is 23.8 Å². The van der Waals surface area contributed by atoms with Crippen LogP contribution in [0, 0.1) is 5.92 Å². The Morgan fingerprint density at radius 1 is 1.43 bits per heavy atom. The van der Waals surface area contributed by atoms with E-state index in [9.17, 15) is 0 Å². The highest BCUT2D eigenvalue weighted by atomic mass is 15.2. The molecule has 2 nitrogen and oxygen atoms in total. The summed E-state index contributed by atoms with van der Waals surface area (Å²) in [5.41, 5.74) is 9.42. The molecule has 2 rings (SSSR count). The van der Waals surface area contributed by atoms with Gasteiger partial charge in [-0.25, -0.2) is 0 Å². The molecule has 0 spiro atoms. The maximum atomic E-state index is 5.96. The average Bonchev–Trinajstić information content (AvgIpc) is 2.13. The van der Waals surface area contributed by atoms with Crippen molar-refractivity contribution in [3.63, 3.8) is 0 Å². The van der Waals surface area contributed by atoms with Crippen molar-refractivity contribution in [1.29, 1.82) is 0 Å².